The number of halogens is 1. The van der Waals surface area contributed by atoms with Crippen molar-refractivity contribution < 1.29 is 8.42 Å². The van der Waals surface area contributed by atoms with Crippen LogP contribution in [0.25, 0.3) is 0 Å². The Bertz CT molecular complexity index is 1020. The van der Waals surface area contributed by atoms with Crippen LogP contribution in [0.15, 0.2) is 47.4 Å². The Morgan fingerprint density at radius 1 is 0.923 bits per heavy atom. The quantitative estimate of drug-likeness (QED) is 0.808. The number of hydrogen-bond donors (Lipinski definition) is 0. The van der Waals surface area contributed by atoms with Gasteiger partial charge in [0.15, 0.2) is 0 Å². The van der Waals surface area contributed by atoms with Gasteiger partial charge in [0.25, 0.3) is 0 Å². The third-order valence-electron chi connectivity index (χ3n) is 4.28. The van der Waals surface area contributed by atoms with Crippen LogP contribution in [0.4, 0.5) is 5.69 Å². The molecule has 0 amide bonds. The second-order valence-corrected chi connectivity index (χ2v) is 8.12. The molecule has 0 radical (unpaired) electrons. The third-order valence-corrected chi connectivity index (χ3v) is 6.48. The number of sulfonamides is 1. The zero-order valence-electron chi connectivity index (χ0n) is 13.8. The van der Waals surface area contributed by atoms with Crippen LogP contribution in [0, 0.1) is 22.7 Å². The highest BCUT2D eigenvalue weighted by Gasteiger charge is 2.30. The van der Waals surface area contributed by atoms with Gasteiger partial charge in [0.1, 0.15) is 12.1 Å². The van der Waals surface area contributed by atoms with Gasteiger partial charge in [-0.25, -0.2) is 8.42 Å². The van der Waals surface area contributed by atoms with Gasteiger partial charge in [-0.15, -0.1) is 0 Å². The summed E-state index contributed by atoms with van der Waals surface area (Å²) in [4.78, 5) is 2.00. The molecule has 1 aliphatic rings. The van der Waals surface area contributed by atoms with E-state index in [0.717, 1.165) is 5.69 Å². The van der Waals surface area contributed by atoms with E-state index >= 15 is 0 Å². The van der Waals surface area contributed by atoms with E-state index in [1.807, 2.05) is 11.0 Å². The summed E-state index contributed by atoms with van der Waals surface area (Å²) >= 11 is 5.93. The first-order chi connectivity index (χ1) is 12.5. The van der Waals surface area contributed by atoms with E-state index in [0.29, 0.717) is 23.7 Å². The lowest BCUT2D eigenvalue weighted by molar-refractivity contribution is 0.385. The molecule has 1 aliphatic heterocycles. The molecule has 0 saturated carbocycles. The SMILES string of the molecule is N#Cc1cc(Cl)ccc1N1CCN(S(=O)(=O)c2ccccc2C#N)CC1. The maximum Gasteiger partial charge on any atom is 0.244 e. The van der Waals surface area contributed by atoms with Crippen LogP contribution >= 0.6 is 11.6 Å². The second kappa shape index (κ2) is 7.35. The van der Waals surface area contributed by atoms with Crippen LogP contribution in [-0.2, 0) is 10.0 Å². The van der Waals surface area contributed by atoms with Gasteiger partial charge >= 0.3 is 0 Å². The first-order valence-electron chi connectivity index (χ1n) is 7.91. The molecule has 0 bridgehead atoms. The molecule has 1 heterocycles. The van der Waals surface area contributed by atoms with Crippen molar-refractivity contribution in [2.45, 2.75) is 4.90 Å². The van der Waals surface area contributed by atoms with Crippen molar-refractivity contribution >= 4 is 27.3 Å². The summed E-state index contributed by atoms with van der Waals surface area (Å²) in [6.07, 6.45) is 0. The lowest BCUT2D eigenvalue weighted by Gasteiger charge is -2.35. The highest BCUT2D eigenvalue weighted by Crippen LogP contribution is 2.27. The van der Waals surface area contributed by atoms with Crippen LogP contribution in [0.3, 0.4) is 0 Å². The molecular formula is C18H15ClN4O2S. The smallest absolute Gasteiger partial charge is 0.244 e. The summed E-state index contributed by atoms with van der Waals surface area (Å²) in [7, 11) is -3.73. The largest absolute Gasteiger partial charge is 0.368 e. The molecule has 0 spiro atoms. The fourth-order valence-electron chi connectivity index (χ4n) is 2.97. The Kier molecular flexibility index (Phi) is 5.15. The number of benzene rings is 2. The first-order valence-corrected chi connectivity index (χ1v) is 9.73. The number of nitrogens with zero attached hydrogens (tertiary/aromatic N) is 4. The zero-order valence-corrected chi connectivity index (χ0v) is 15.3. The fraction of sp³-hybridized carbons (Fsp3) is 0.222. The Balaban J connectivity index is 1.81. The predicted octanol–water partition coefficient (Wildman–Crippen LogP) is 2.59. The van der Waals surface area contributed by atoms with E-state index in [2.05, 4.69) is 6.07 Å². The van der Waals surface area contributed by atoms with E-state index in [-0.39, 0.29) is 23.5 Å². The molecule has 132 valence electrons. The molecular weight excluding hydrogens is 372 g/mol. The van der Waals surface area contributed by atoms with Crippen LogP contribution in [-0.4, -0.2) is 38.9 Å². The number of anilines is 1. The Morgan fingerprint density at radius 3 is 2.23 bits per heavy atom. The minimum Gasteiger partial charge on any atom is -0.368 e. The summed E-state index contributed by atoms with van der Waals surface area (Å²) < 4.78 is 27.1. The van der Waals surface area contributed by atoms with Gasteiger partial charge < -0.3 is 4.90 Å². The Morgan fingerprint density at radius 2 is 1.58 bits per heavy atom. The van der Waals surface area contributed by atoms with Crippen molar-refractivity contribution in [1.82, 2.24) is 4.31 Å². The third kappa shape index (κ3) is 3.38. The maximum absolute atomic E-state index is 12.9. The molecule has 26 heavy (non-hydrogen) atoms. The minimum absolute atomic E-state index is 0.0279. The Labute approximate surface area is 157 Å². The number of rotatable bonds is 3. The molecule has 6 nitrogen and oxygen atoms in total. The van der Waals surface area contributed by atoms with Crippen LogP contribution in [0.5, 0.6) is 0 Å². The molecule has 2 aromatic carbocycles. The summed E-state index contributed by atoms with van der Waals surface area (Å²) in [5.41, 5.74) is 1.34. The molecule has 0 N–H and O–H groups in total. The maximum atomic E-state index is 12.9. The molecule has 1 saturated heterocycles. The molecule has 8 heteroatoms. The lowest BCUT2D eigenvalue weighted by Crippen LogP contribution is -2.49. The first kappa shape index (κ1) is 18.2. The van der Waals surface area contributed by atoms with Crippen molar-refractivity contribution in [3.8, 4) is 12.1 Å². The van der Waals surface area contributed by atoms with Crippen molar-refractivity contribution in [1.29, 1.82) is 10.5 Å². The summed E-state index contributed by atoms with van der Waals surface area (Å²) in [6, 6.07) is 15.3. The van der Waals surface area contributed by atoms with Gasteiger partial charge in [-0.3, -0.25) is 0 Å². The fourth-order valence-corrected chi connectivity index (χ4v) is 4.70. The Hall–Kier alpha value is -2.58. The van der Waals surface area contributed by atoms with E-state index in [1.165, 1.54) is 16.4 Å². The van der Waals surface area contributed by atoms with E-state index in [9.17, 15) is 13.7 Å². The summed E-state index contributed by atoms with van der Waals surface area (Å²) in [5.74, 6) is 0. The number of piperazine rings is 1. The number of hydrogen-bond acceptors (Lipinski definition) is 5. The highest BCUT2D eigenvalue weighted by molar-refractivity contribution is 7.89. The second-order valence-electron chi connectivity index (χ2n) is 5.77. The van der Waals surface area contributed by atoms with Gasteiger partial charge in [0.2, 0.25) is 10.0 Å². The van der Waals surface area contributed by atoms with Crippen LogP contribution in [0.2, 0.25) is 5.02 Å². The van der Waals surface area contributed by atoms with Gasteiger partial charge in [-0.05, 0) is 30.3 Å². The molecule has 3 rings (SSSR count). The van der Waals surface area contributed by atoms with Crippen molar-refractivity contribution in [2.24, 2.45) is 0 Å². The van der Waals surface area contributed by atoms with Gasteiger partial charge in [-0.1, -0.05) is 23.7 Å². The van der Waals surface area contributed by atoms with Gasteiger partial charge in [0, 0.05) is 31.2 Å². The molecule has 0 unspecified atom stereocenters. The molecule has 0 aromatic heterocycles. The molecule has 0 aliphatic carbocycles. The van der Waals surface area contributed by atoms with Crippen molar-refractivity contribution in [3.05, 3.63) is 58.6 Å². The predicted molar refractivity (Wildman–Crippen MR) is 98.3 cm³/mol. The molecule has 2 aromatic rings. The topological polar surface area (TPSA) is 88.2 Å². The van der Waals surface area contributed by atoms with Crippen molar-refractivity contribution in [2.75, 3.05) is 31.1 Å². The highest BCUT2D eigenvalue weighted by atomic mass is 35.5. The normalized spacial score (nSPS) is 15.3. The van der Waals surface area contributed by atoms with E-state index in [1.54, 1.807) is 30.3 Å². The van der Waals surface area contributed by atoms with Gasteiger partial charge in [-0.2, -0.15) is 14.8 Å². The summed E-state index contributed by atoms with van der Waals surface area (Å²) in [6.45, 7) is 1.44. The van der Waals surface area contributed by atoms with Crippen molar-refractivity contribution in [3.63, 3.8) is 0 Å². The molecule has 0 atom stereocenters. The average Bonchev–Trinajstić information content (AvgIpc) is 2.68. The average molecular weight is 387 g/mol. The van der Waals surface area contributed by atoms with Crippen LogP contribution < -0.4 is 4.90 Å². The zero-order chi connectivity index (χ0) is 18.7. The lowest BCUT2D eigenvalue weighted by atomic mass is 10.1. The standard InChI is InChI=1S/C18H15ClN4O2S/c19-16-5-6-17(15(11-16)13-21)22-7-9-23(10-8-22)26(24,25)18-4-2-1-3-14(18)12-20/h1-6,11H,7-10H2. The summed E-state index contributed by atoms with van der Waals surface area (Å²) in [5, 5.41) is 18.9. The number of nitriles is 2. The van der Waals surface area contributed by atoms with E-state index in [4.69, 9.17) is 16.9 Å². The van der Waals surface area contributed by atoms with Gasteiger partial charge in [0.05, 0.1) is 21.7 Å². The molecule has 1 fully saturated rings. The van der Waals surface area contributed by atoms with E-state index < -0.39 is 10.0 Å². The monoisotopic (exact) mass is 386 g/mol. The van der Waals surface area contributed by atoms with Crippen LogP contribution in [0.1, 0.15) is 11.1 Å². The minimum atomic E-state index is -3.73.